The van der Waals surface area contributed by atoms with Crippen LogP contribution in [0.1, 0.15) is 59.4 Å². The molecule has 4 saturated carbocycles. The van der Waals surface area contributed by atoms with Crippen molar-refractivity contribution >= 4 is 17.6 Å². The molecule has 0 saturated heterocycles. The highest BCUT2D eigenvalue weighted by molar-refractivity contribution is 6.02. The van der Waals surface area contributed by atoms with Crippen molar-refractivity contribution in [2.45, 2.75) is 38.5 Å². The lowest BCUT2D eigenvalue weighted by Crippen LogP contribution is -2.48. The van der Waals surface area contributed by atoms with Crippen molar-refractivity contribution in [1.82, 2.24) is 0 Å². The lowest BCUT2D eigenvalue weighted by atomic mass is 9.50. The van der Waals surface area contributed by atoms with Gasteiger partial charge in [0.05, 0.1) is 18.4 Å². The Balaban J connectivity index is 1.19. The summed E-state index contributed by atoms with van der Waals surface area (Å²) < 4.78 is 10.8. The topological polar surface area (TPSA) is 68.5 Å². The third kappa shape index (κ3) is 3.34. The quantitative estimate of drug-likeness (QED) is 0.750. The number of esters is 1. The molecule has 6 rings (SSSR count). The van der Waals surface area contributed by atoms with E-state index >= 15 is 0 Å². The molecule has 1 aromatic carbocycles. The number of amides is 1. The Hall–Kier alpha value is -2.56. The molecule has 1 N–H and O–H groups in total. The van der Waals surface area contributed by atoms with Crippen LogP contribution in [0.2, 0.25) is 0 Å². The number of ether oxygens (including phenoxy) is 1. The molecule has 0 spiro atoms. The van der Waals surface area contributed by atoms with Crippen LogP contribution in [-0.4, -0.2) is 18.5 Å². The van der Waals surface area contributed by atoms with Gasteiger partial charge >= 0.3 is 5.97 Å². The van der Waals surface area contributed by atoms with E-state index in [0.717, 1.165) is 17.8 Å². The average molecular weight is 379 g/mol. The van der Waals surface area contributed by atoms with Crippen LogP contribution in [0.15, 0.2) is 47.1 Å². The molecular weight excluding hydrogens is 354 g/mol. The summed E-state index contributed by atoms with van der Waals surface area (Å²) in [7, 11) is 0. The second kappa shape index (κ2) is 6.80. The lowest BCUT2D eigenvalue weighted by molar-refractivity contribution is -0.0848. The zero-order valence-corrected chi connectivity index (χ0v) is 15.9. The largest absolute Gasteiger partial charge is 0.462 e. The van der Waals surface area contributed by atoms with Crippen molar-refractivity contribution in [1.29, 1.82) is 0 Å². The number of hydrogen-bond acceptors (Lipinski definition) is 4. The van der Waals surface area contributed by atoms with Gasteiger partial charge in [0.2, 0.25) is 0 Å². The molecule has 0 aliphatic heterocycles. The molecule has 5 nitrogen and oxygen atoms in total. The number of carbonyl (C=O) groups is 2. The maximum Gasteiger partial charge on any atom is 0.338 e. The Bertz CT molecular complexity index is 833. The standard InChI is InChI=1S/C23H25NO4/c25-21(20-2-1-7-27-20)24-19-5-3-18(4-6-19)22(26)28-14-23-11-15-8-16(12-23)10-17(9-15)13-23/h1-7,15-17H,8-14H2,(H,24,25). The summed E-state index contributed by atoms with van der Waals surface area (Å²) in [6.07, 6.45) is 9.30. The Morgan fingerprint density at radius 2 is 1.64 bits per heavy atom. The number of hydrogen-bond donors (Lipinski definition) is 1. The zero-order chi connectivity index (χ0) is 19.1. The third-order valence-corrected chi connectivity index (χ3v) is 6.80. The van der Waals surface area contributed by atoms with Gasteiger partial charge in [0.15, 0.2) is 5.76 Å². The highest BCUT2D eigenvalue weighted by Gasteiger charge is 2.51. The van der Waals surface area contributed by atoms with Crippen LogP contribution >= 0.6 is 0 Å². The smallest absolute Gasteiger partial charge is 0.338 e. The minimum Gasteiger partial charge on any atom is -0.462 e. The van der Waals surface area contributed by atoms with Crippen molar-refractivity contribution in [3.05, 3.63) is 54.0 Å². The molecule has 28 heavy (non-hydrogen) atoms. The molecule has 1 aromatic heterocycles. The van der Waals surface area contributed by atoms with Crippen molar-refractivity contribution in [2.24, 2.45) is 23.2 Å². The van der Waals surface area contributed by atoms with Crippen molar-refractivity contribution < 1.29 is 18.7 Å². The Morgan fingerprint density at radius 3 is 2.21 bits per heavy atom. The van der Waals surface area contributed by atoms with Crippen LogP contribution in [0.3, 0.4) is 0 Å². The van der Waals surface area contributed by atoms with E-state index in [1.54, 1.807) is 36.4 Å². The van der Waals surface area contributed by atoms with E-state index in [-0.39, 0.29) is 23.1 Å². The molecular formula is C23H25NO4. The normalized spacial score (nSPS) is 30.2. The molecule has 0 atom stereocenters. The van der Waals surface area contributed by atoms with Crippen molar-refractivity contribution in [2.75, 3.05) is 11.9 Å². The minimum atomic E-state index is -0.317. The monoisotopic (exact) mass is 379 g/mol. The van der Waals surface area contributed by atoms with E-state index in [0.29, 0.717) is 17.9 Å². The lowest BCUT2D eigenvalue weighted by Gasteiger charge is -2.56. The fourth-order valence-electron chi connectivity index (χ4n) is 6.06. The van der Waals surface area contributed by atoms with Crippen LogP contribution in [0.4, 0.5) is 5.69 Å². The molecule has 1 amide bonds. The van der Waals surface area contributed by atoms with E-state index in [1.165, 1.54) is 44.8 Å². The van der Waals surface area contributed by atoms with Gasteiger partial charge in [-0.25, -0.2) is 4.79 Å². The van der Waals surface area contributed by atoms with Gasteiger partial charge in [-0.1, -0.05) is 0 Å². The van der Waals surface area contributed by atoms with Crippen molar-refractivity contribution in [3.63, 3.8) is 0 Å². The van der Waals surface area contributed by atoms with Gasteiger partial charge < -0.3 is 14.5 Å². The number of benzene rings is 1. The second-order valence-corrected chi connectivity index (χ2v) is 9.00. The first kappa shape index (κ1) is 17.5. The first-order chi connectivity index (χ1) is 13.6. The fraction of sp³-hybridized carbons (Fsp3) is 0.478. The zero-order valence-electron chi connectivity index (χ0n) is 15.9. The molecule has 5 heteroatoms. The summed E-state index contributed by atoms with van der Waals surface area (Å²) >= 11 is 0. The molecule has 4 bridgehead atoms. The van der Waals surface area contributed by atoms with Crippen LogP contribution in [0.25, 0.3) is 0 Å². The predicted octanol–water partition coefficient (Wildman–Crippen LogP) is 4.91. The highest BCUT2D eigenvalue weighted by Crippen LogP contribution is 2.60. The number of rotatable bonds is 5. The van der Waals surface area contributed by atoms with Crippen LogP contribution < -0.4 is 5.32 Å². The summed E-state index contributed by atoms with van der Waals surface area (Å²) in [4.78, 5) is 24.5. The molecule has 146 valence electrons. The highest BCUT2D eigenvalue weighted by atomic mass is 16.5. The van der Waals surface area contributed by atoms with E-state index in [1.807, 2.05) is 0 Å². The molecule has 4 aliphatic carbocycles. The maximum atomic E-state index is 12.5. The molecule has 0 radical (unpaired) electrons. The van der Waals surface area contributed by atoms with Gasteiger partial charge in [-0.3, -0.25) is 4.79 Å². The summed E-state index contributed by atoms with van der Waals surface area (Å²) in [5.41, 5.74) is 1.35. The van der Waals surface area contributed by atoms with Gasteiger partial charge in [0, 0.05) is 11.1 Å². The molecule has 0 unspecified atom stereocenters. The number of furan rings is 1. The summed E-state index contributed by atoms with van der Waals surface area (Å²) in [5, 5.41) is 2.75. The third-order valence-electron chi connectivity index (χ3n) is 6.80. The molecule has 4 aliphatic rings. The Kier molecular flexibility index (Phi) is 4.26. The molecule has 1 heterocycles. The summed E-state index contributed by atoms with van der Waals surface area (Å²) in [6, 6.07) is 10.1. The fourth-order valence-corrected chi connectivity index (χ4v) is 6.06. The van der Waals surface area contributed by atoms with E-state index in [4.69, 9.17) is 9.15 Å². The Labute approximate surface area is 164 Å². The van der Waals surface area contributed by atoms with Crippen LogP contribution in [0.5, 0.6) is 0 Å². The second-order valence-electron chi connectivity index (χ2n) is 9.00. The SMILES string of the molecule is O=C(OCC12CC3CC(CC(C3)C1)C2)c1ccc(NC(=O)c2ccco2)cc1. The van der Waals surface area contributed by atoms with Gasteiger partial charge in [0.1, 0.15) is 0 Å². The van der Waals surface area contributed by atoms with Crippen molar-refractivity contribution in [3.8, 4) is 0 Å². The molecule has 2 aromatic rings. The average Bonchev–Trinajstić information content (AvgIpc) is 3.21. The predicted molar refractivity (Wildman–Crippen MR) is 104 cm³/mol. The van der Waals surface area contributed by atoms with E-state index in [2.05, 4.69) is 5.32 Å². The number of carbonyl (C=O) groups excluding carboxylic acids is 2. The molecule has 4 fully saturated rings. The first-order valence-electron chi connectivity index (χ1n) is 10.2. The summed E-state index contributed by atoms with van der Waals surface area (Å²) in [6.45, 7) is 0.548. The number of nitrogens with one attached hydrogen (secondary N) is 1. The van der Waals surface area contributed by atoms with Gasteiger partial charge in [-0.15, -0.1) is 0 Å². The van der Waals surface area contributed by atoms with Gasteiger partial charge in [0.25, 0.3) is 5.91 Å². The van der Waals surface area contributed by atoms with E-state index in [9.17, 15) is 9.59 Å². The first-order valence-corrected chi connectivity index (χ1v) is 10.2. The number of anilines is 1. The van der Waals surface area contributed by atoms with Gasteiger partial charge in [-0.2, -0.15) is 0 Å². The minimum absolute atomic E-state index is 0.224. The van der Waals surface area contributed by atoms with Crippen LogP contribution in [0, 0.1) is 23.2 Å². The maximum absolute atomic E-state index is 12.5. The van der Waals surface area contributed by atoms with Gasteiger partial charge in [-0.05, 0) is 92.7 Å². The summed E-state index contributed by atoms with van der Waals surface area (Å²) in [5.74, 6) is 2.20. The Morgan fingerprint density at radius 1 is 1.00 bits per heavy atom. The van der Waals surface area contributed by atoms with E-state index < -0.39 is 0 Å². The van der Waals surface area contributed by atoms with Crippen LogP contribution in [-0.2, 0) is 4.74 Å².